The van der Waals surface area contributed by atoms with Gasteiger partial charge in [-0.25, -0.2) is 4.98 Å². The van der Waals surface area contributed by atoms with E-state index in [1.54, 1.807) is 11.3 Å². The van der Waals surface area contributed by atoms with Crippen LogP contribution >= 0.6 is 22.9 Å². The summed E-state index contributed by atoms with van der Waals surface area (Å²) in [7, 11) is 0. The molecule has 1 N–H and O–H groups in total. The van der Waals surface area contributed by atoms with Crippen LogP contribution in [0, 0.1) is 6.92 Å². The highest BCUT2D eigenvalue weighted by atomic mass is 35.5. The van der Waals surface area contributed by atoms with Crippen molar-refractivity contribution in [2.24, 2.45) is 0 Å². The number of nitrogens with zero attached hydrogens (tertiary/aromatic N) is 3. The fraction of sp³-hybridized carbons (Fsp3) is 0.600. The van der Waals surface area contributed by atoms with Crippen molar-refractivity contribution in [1.29, 1.82) is 0 Å². The number of aryl methyl sites for hydroxylation is 1. The number of aliphatic hydroxyl groups excluding tert-OH is 1. The average Bonchev–Trinajstić information content (AvgIpc) is 2.85. The molecule has 1 fully saturated rings. The molecule has 6 heteroatoms. The van der Waals surface area contributed by atoms with Gasteiger partial charge in [-0.15, -0.1) is 11.3 Å². The molecule has 2 heterocycles. The third kappa shape index (κ3) is 3.15. The molecular formula is C15H20ClN3OS. The van der Waals surface area contributed by atoms with Gasteiger partial charge in [0.2, 0.25) is 5.28 Å². The van der Waals surface area contributed by atoms with E-state index in [0.717, 1.165) is 28.9 Å². The summed E-state index contributed by atoms with van der Waals surface area (Å²) in [5, 5.41) is 10.8. The number of aliphatic hydroxyl groups is 1. The molecule has 0 radical (unpaired) electrons. The Bertz CT molecular complexity index is 625. The van der Waals surface area contributed by atoms with Gasteiger partial charge >= 0.3 is 0 Å². The SMILES string of the molecule is Cc1cc2c(N(CCO)C3CCCCC3)nc(Cl)nc2s1. The lowest BCUT2D eigenvalue weighted by molar-refractivity contribution is 0.289. The molecule has 0 aliphatic heterocycles. The first-order valence-electron chi connectivity index (χ1n) is 7.50. The molecule has 0 amide bonds. The maximum atomic E-state index is 9.46. The minimum atomic E-state index is 0.128. The first kappa shape index (κ1) is 15.0. The Morgan fingerprint density at radius 1 is 1.33 bits per heavy atom. The molecule has 0 saturated heterocycles. The third-order valence-electron chi connectivity index (χ3n) is 4.10. The van der Waals surface area contributed by atoms with E-state index in [4.69, 9.17) is 11.6 Å². The predicted molar refractivity (Wildman–Crippen MR) is 88.5 cm³/mol. The fourth-order valence-electron chi connectivity index (χ4n) is 3.18. The van der Waals surface area contributed by atoms with Gasteiger partial charge in [0.15, 0.2) is 0 Å². The van der Waals surface area contributed by atoms with Gasteiger partial charge in [0.1, 0.15) is 10.6 Å². The molecule has 2 aromatic heterocycles. The van der Waals surface area contributed by atoms with Crippen molar-refractivity contribution in [3.05, 3.63) is 16.2 Å². The molecule has 1 aliphatic carbocycles. The maximum Gasteiger partial charge on any atom is 0.225 e. The van der Waals surface area contributed by atoms with Crippen LogP contribution in [-0.4, -0.2) is 34.3 Å². The van der Waals surface area contributed by atoms with Gasteiger partial charge < -0.3 is 10.0 Å². The Labute approximate surface area is 133 Å². The van der Waals surface area contributed by atoms with Crippen LogP contribution in [0.1, 0.15) is 37.0 Å². The second kappa shape index (κ2) is 6.46. The normalized spacial score (nSPS) is 16.5. The molecule has 114 valence electrons. The molecule has 3 rings (SSSR count). The van der Waals surface area contributed by atoms with E-state index in [9.17, 15) is 5.11 Å². The molecule has 0 aromatic carbocycles. The smallest absolute Gasteiger partial charge is 0.225 e. The van der Waals surface area contributed by atoms with Crippen LogP contribution in [0.4, 0.5) is 5.82 Å². The topological polar surface area (TPSA) is 49.2 Å². The van der Waals surface area contributed by atoms with Crippen LogP contribution in [0.25, 0.3) is 10.2 Å². The van der Waals surface area contributed by atoms with E-state index in [1.807, 2.05) is 0 Å². The number of thiophene rings is 1. The van der Waals surface area contributed by atoms with Crippen molar-refractivity contribution in [3.8, 4) is 0 Å². The van der Waals surface area contributed by atoms with Gasteiger partial charge in [0.05, 0.1) is 12.0 Å². The molecule has 4 nitrogen and oxygen atoms in total. The van der Waals surface area contributed by atoms with Crippen molar-refractivity contribution in [2.75, 3.05) is 18.1 Å². The first-order chi connectivity index (χ1) is 10.2. The predicted octanol–water partition coefficient (Wildman–Crippen LogP) is 3.78. The van der Waals surface area contributed by atoms with Gasteiger partial charge in [-0.2, -0.15) is 4.98 Å². The summed E-state index contributed by atoms with van der Waals surface area (Å²) in [5.41, 5.74) is 0. The Balaban J connectivity index is 2.05. The van der Waals surface area contributed by atoms with E-state index in [2.05, 4.69) is 27.9 Å². The maximum absolute atomic E-state index is 9.46. The molecule has 0 unspecified atom stereocenters. The standard InChI is InChI=1S/C15H20ClN3OS/c1-10-9-12-13(17-15(16)18-14(12)21-10)19(7-8-20)11-5-3-2-4-6-11/h9,11,20H,2-8H2,1H3. The van der Waals surface area contributed by atoms with E-state index in [1.165, 1.54) is 24.1 Å². The number of anilines is 1. The molecule has 0 spiro atoms. The summed E-state index contributed by atoms with van der Waals surface area (Å²) in [6.45, 7) is 2.80. The van der Waals surface area contributed by atoms with Crippen molar-refractivity contribution in [1.82, 2.24) is 9.97 Å². The summed E-state index contributed by atoms with van der Waals surface area (Å²) < 4.78 is 0. The van der Waals surface area contributed by atoms with Gasteiger partial charge in [0.25, 0.3) is 0 Å². The van der Waals surface area contributed by atoms with Crippen LogP contribution in [-0.2, 0) is 0 Å². The average molecular weight is 326 g/mol. The van der Waals surface area contributed by atoms with Crippen LogP contribution in [0.3, 0.4) is 0 Å². The fourth-order valence-corrected chi connectivity index (χ4v) is 4.27. The quantitative estimate of drug-likeness (QED) is 0.869. The number of rotatable bonds is 4. The zero-order valence-corrected chi connectivity index (χ0v) is 13.8. The van der Waals surface area contributed by atoms with Crippen LogP contribution in [0.2, 0.25) is 5.28 Å². The van der Waals surface area contributed by atoms with Crippen molar-refractivity contribution < 1.29 is 5.11 Å². The summed E-state index contributed by atoms with van der Waals surface area (Å²) in [5.74, 6) is 0.885. The zero-order valence-electron chi connectivity index (χ0n) is 12.2. The lowest BCUT2D eigenvalue weighted by atomic mass is 9.94. The van der Waals surface area contributed by atoms with Crippen LogP contribution in [0.15, 0.2) is 6.07 Å². The number of hydrogen-bond donors (Lipinski definition) is 1. The molecule has 2 aromatic rings. The van der Waals surface area contributed by atoms with E-state index >= 15 is 0 Å². The van der Waals surface area contributed by atoms with Gasteiger partial charge in [-0.05, 0) is 37.4 Å². The largest absolute Gasteiger partial charge is 0.395 e. The summed E-state index contributed by atoms with van der Waals surface area (Å²) in [4.78, 5) is 13.2. The lowest BCUT2D eigenvalue weighted by Gasteiger charge is -2.35. The Hall–Kier alpha value is -0.910. The highest BCUT2D eigenvalue weighted by molar-refractivity contribution is 7.18. The van der Waals surface area contributed by atoms with Gasteiger partial charge in [-0.3, -0.25) is 0 Å². The monoisotopic (exact) mass is 325 g/mol. The Morgan fingerprint density at radius 2 is 2.10 bits per heavy atom. The van der Waals surface area contributed by atoms with Gasteiger partial charge in [0, 0.05) is 17.5 Å². The summed E-state index contributed by atoms with van der Waals surface area (Å²) in [6.07, 6.45) is 6.12. The van der Waals surface area contributed by atoms with E-state index in [-0.39, 0.29) is 11.9 Å². The van der Waals surface area contributed by atoms with Crippen molar-refractivity contribution in [3.63, 3.8) is 0 Å². The Morgan fingerprint density at radius 3 is 2.81 bits per heavy atom. The molecular weight excluding hydrogens is 306 g/mol. The second-order valence-electron chi connectivity index (χ2n) is 5.60. The van der Waals surface area contributed by atoms with Gasteiger partial charge in [-0.1, -0.05) is 19.3 Å². The van der Waals surface area contributed by atoms with Crippen LogP contribution in [0.5, 0.6) is 0 Å². The second-order valence-corrected chi connectivity index (χ2v) is 7.17. The van der Waals surface area contributed by atoms with Crippen LogP contribution < -0.4 is 4.90 Å². The van der Waals surface area contributed by atoms with Crippen molar-refractivity contribution in [2.45, 2.75) is 45.1 Å². The first-order valence-corrected chi connectivity index (χ1v) is 8.69. The highest BCUT2D eigenvalue weighted by Gasteiger charge is 2.24. The van der Waals surface area contributed by atoms with E-state index < -0.39 is 0 Å². The summed E-state index contributed by atoms with van der Waals surface area (Å²) >= 11 is 7.75. The molecule has 0 atom stereocenters. The molecule has 1 aliphatic rings. The minimum Gasteiger partial charge on any atom is -0.395 e. The third-order valence-corrected chi connectivity index (χ3v) is 5.21. The zero-order chi connectivity index (χ0) is 14.8. The molecule has 0 bridgehead atoms. The molecule has 1 saturated carbocycles. The number of halogens is 1. The number of aromatic nitrogens is 2. The highest BCUT2D eigenvalue weighted by Crippen LogP contribution is 2.34. The number of hydrogen-bond acceptors (Lipinski definition) is 5. The minimum absolute atomic E-state index is 0.128. The number of fused-ring (bicyclic) bond motifs is 1. The van der Waals surface area contributed by atoms with E-state index in [0.29, 0.717) is 12.6 Å². The molecule has 21 heavy (non-hydrogen) atoms. The Kier molecular flexibility index (Phi) is 4.62. The summed E-state index contributed by atoms with van der Waals surface area (Å²) in [6, 6.07) is 2.57. The van der Waals surface area contributed by atoms with Crippen molar-refractivity contribution >= 4 is 39.0 Å². The lowest BCUT2D eigenvalue weighted by Crippen LogP contribution is -2.39.